The lowest BCUT2D eigenvalue weighted by Gasteiger charge is -2.36. The molecule has 0 saturated carbocycles. The van der Waals surface area contributed by atoms with Crippen LogP contribution in [0, 0.1) is 0 Å². The average molecular weight is 210 g/mol. The molecule has 1 rings (SSSR count). The van der Waals surface area contributed by atoms with Crippen LogP contribution in [0.1, 0.15) is 26.7 Å². The van der Waals surface area contributed by atoms with Crippen molar-refractivity contribution in [3.63, 3.8) is 0 Å². The summed E-state index contributed by atoms with van der Waals surface area (Å²) in [6.07, 6.45) is 3.12. The molecule has 84 valence electrons. The van der Waals surface area contributed by atoms with Gasteiger partial charge in [-0.3, -0.25) is 9.59 Å². The highest BCUT2D eigenvalue weighted by Crippen LogP contribution is 2.12. The Morgan fingerprint density at radius 3 is 2.73 bits per heavy atom. The molecule has 2 amide bonds. The van der Waals surface area contributed by atoms with Crippen molar-refractivity contribution >= 4 is 11.8 Å². The van der Waals surface area contributed by atoms with Crippen LogP contribution in [-0.2, 0) is 9.59 Å². The lowest BCUT2D eigenvalue weighted by atomic mass is 10.1. The summed E-state index contributed by atoms with van der Waals surface area (Å²) >= 11 is 0. The summed E-state index contributed by atoms with van der Waals surface area (Å²) in [5.41, 5.74) is 0. The fraction of sp³-hybridized carbons (Fsp3) is 0.636. The number of carbonyl (C=O) groups excluding carboxylic acids is 2. The van der Waals surface area contributed by atoms with Crippen molar-refractivity contribution < 1.29 is 9.59 Å². The van der Waals surface area contributed by atoms with Gasteiger partial charge >= 0.3 is 0 Å². The van der Waals surface area contributed by atoms with Gasteiger partial charge in [0.05, 0.1) is 0 Å². The fourth-order valence-electron chi connectivity index (χ4n) is 1.70. The molecule has 0 bridgehead atoms. The summed E-state index contributed by atoms with van der Waals surface area (Å²) in [4.78, 5) is 25.1. The lowest BCUT2D eigenvalue weighted by molar-refractivity contribution is -0.148. The number of piperazine rings is 1. The average Bonchev–Trinajstić information content (AvgIpc) is 2.23. The standard InChI is InChI=1S/C11H18N2O2/c1-4-6-7-13-8(3)10(14)12-9(5-2)11(13)15/h4,8-9H,1,5-7H2,2-3H3,(H,12,14). The van der Waals surface area contributed by atoms with E-state index in [0.717, 1.165) is 6.42 Å². The van der Waals surface area contributed by atoms with Gasteiger partial charge in [-0.25, -0.2) is 0 Å². The van der Waals surface area contributed by atoms with E-state index in [1.54, 1.807) is 17.9 Å². The zero-order valence-corrected chi connectivity index (χ0v) is 9.32. The second kappa shape index (κ2) is 4.96. The SMILES string of the molecule is C=CCCN1C(=O)C(CC)NC(=O)C1C. The van der Waals surface area contributed by atoms with E-state index >= 15 is 0 Å². The van der Waals surface area contributed by atoms with Crippen molar-refractivity contribution in [3.8, 4) is 0 Å². The Morgan fingerprint density at radius 1 is 1.53 bits per heavy atom. The van der Waals surface area contributed by atoms with Crippen LogP contribution in [-0.4, -0.2) is 35.3 Å². The monoisotopic (exact) mass is 210 g/mol. The van der Waals surface area contributed by atoms with Gasteiger partial charge in [-0.05, 0) is 19.8 Å². The summed E-state index contributed by atoms with van der Waals surface area (Å²) in [6, 6.07) is -0.709. The zero-order chi connectivity index (χ0) is 11.4. The van der Waals surface area contributed by atoms with Crippen LogP contribution in [0.3, 0.4) is 0 Å². The molecule has 4 heteroatoms. The predicted octanol–water partition coefficient (Wildman–Crippen LogP) is 0.688. The molecule has 0 aromatic rings. The van der Waals surface area contributed by atoms with Crippen LogP contribution in [0.5, 0.6) is 0 Å². The topological polar surface area (TPSA) is 49.4 Å². The van der Waals surface area contributed by atoms with E-state index < -0.39 is 0 Å². The first-order valence-electron chi connectivity index (χ1n) is 5.33. The number of hydrogen-bond donors (Lipinski definition) is 1. The van der Waals surface area contributed by atoms with Crippen molar-refractivity contribution in [1.29, 1.82) is 0 Å². The Bertz CT molecular complexity index is 276. The summed E-state index contributed by atoms with van der Waals surface area (Å²) in [6.45, 7) is 7.84. The zero-order valence-electron chi connectivity index (χ0n) is 9.32. The molecule has 0 aromatic heterocycles. The van der Waals surface area contributed by atoms with Gasteiger partial charge in [-0.2, -0.15) is 0 Å². The highest BCUT2D eigenvalue weighted by Gasteiger charge is 2.36. The quantitative estimate of drug-likeness (QED) is 0.694. The third kappa shape index (κ3) is 2.37. The molecule has 2 atom stereocenters. The number of nitrogens with one attached hydrogen (secondary N) is 1. The molecule has 4 nitrogen and oxygen atoms in total. The number of carbonyl (C=O) groups is 2. The highest BCUT2D eigenvalue weighted by atomic mass is 16.2. The van der Waals surface area contributed by atoms with Crippen LogP contribution in [0.25, 0.3) is 0 Å². The Hall–Kier alpha value is -1.32. The molecule has 1 N–H and O–H groups in total. The van der Waals surface area contributed by atoms with E-state index in [1.807, 2.05) is 6.92 Å². The first kappa shape index (κ1) is 11.8. The number of hydrogen-bond acceptors (Lipinski definition) is 2. The van der Waals surface area contributed by atoms with Crippen LogP contribution < -0.4 is 5.32 Å². The molecule has 1 heterocycles. The molecule has 15 heavy (non-hydrogen) atoms. The summed E-state index contributed by atoms with van der Waals surface area (Å²) in [5, 5.41) is 2.72. The fourth-order valence-corrected chi connectivity index (χ4v) is 1.70. The maximum atomic E-state index is 11.9. The van der Waals surface area contributed by atoms with E-state index in [1.165, 1.54) is 0 Å². The van der Waals surface area contributed by atoms with Crippen molar-refractivity contribution in [3.05, 3.63) is 12.7 Å². The maximum absolute atomic E-state index is 11.9. The Morgan fingerprint density at radius 2 is 2.20 bits per heavy atom. The third-order valence-corrected chi connectivity index (χ3v) is 2.73. The molecule has 1 fully saturated rings. The normalized spacial score (nSPS) is 26.4. The molecular formula is C11H18N2O2. The molecule has 1 saturated heterocycles. The van der Waals surface area contributed by atoms with Gasteiger partial charge in [0.1, 0.15) is 12.1 Å². The van der Waals surface area contributed by atoms with E-state index in [4.69, 9.17) is 0 Å². The van der Waals surface area contributed by atoms with Gasteiger partial charge in [-0.1, -0.05) is 13.0 Å². The molecule has 1 aliphatic heterocycles. The summed E-state index contributed by atoms with van der Waals surface area (Å²) in [5.74, 6) is -0.0445. The molecule has 0 spiro atoms. The van der Waals surface area contributed by atoms with Crippen LogP contribution >= 0.6 is 0 Å². The second-order valence-corrected chi connectivity index (χ2v) is 3.75. The van der Waals surface area contributed by atoms with E-state index in [-0.39, 0.29) is 23.9 Å². The van der Waals surface area contributed by atoms with Crippen LogP contribution in [0.15, 0.2) is 12.7 Å². The van der Waals surface area contributed by atoms with Crippen molar-refractivity contribution in [2.45, 2.75) is 38.8 Å². The molecule has 0 aromatic carbocycles. The van der Waals surface area contributed by atoms with Gasteiger partial charge in [0.25, 0.3) is 0 Å². The Labute approximate surface area is 90.3 Å². The minimum Gasteiger partial charge on any atom is -0.343 e. The summed E-state index contributed by atoms with van der Waals surface area (Å²) in [7, 11) is 0. The van der Waals surface area contributed by atoms with Gasteiger partial charge in [0, 0.05) is 6.54 Å². The highest BCUT2D eigenvalue weighted by molar-refractivity contribution is 5.96. The van der Waals surface area contributed by atoms with E-state index in [0.29, 0.717) is 13.0 Å². The number of nitrogens with zero attached hydrogens (tertiary/aromatic N) is 1. The first-order chi connectivity index (χ1) is 7.11. The van der Waals surface area contributed by atoms with Crippen LogP contribution in [0.4, 0.5) is 0 Å². The minimum atomic E-state index is -0.361. The van der Waals surface area contributed by atoms with Gasteiger partial charge in [-0.15, -0.1) is 6.58 Å². The predicted molar refractivity (Wildman–Crippen MR) is 58.2 cm³/mol. The summed E-state index contributed by atoms with van der Waals surface area (Å²) < 4.78 is 0. The van der Waals surface area contributed by atoms with Gasteiger partial charge in [0.2, 0.25) is 11.8 Å². The van der Waals surface area contributed by atoms with Crippen molar-refractivity contribution in [1.82, 2.24) is 10.2 Å². The number of rotatable bonds is 4. The van der Waals surface area contributed by atoms with Crippen molar-refractivity contribution in [2.24, 2.45) is 0 Å². The first-order valence-corrected chi connectivity index (χ1v) is 5.33. The smallest absolute Gasteiger partial charge is 0.245 e. The number of amides is 2. The third-order valence-electron chi connectivity index (χ3n) is 2.73. The largest absolute Gasteiger partial charge is 0.343 e. The van der Waals surface area contributed by atoms with Crippen LogP contribution in [0.2, 0.25) is 0 Å². The molecule has 0 aliphatic carbocycles. The van der Waals surface area contributed by atoms with Gasteiger partial charge < -0.3 is 10.2 Å². The van der Waals surface area contributed by atoms with E-state index in [2.05, 4.69) is 11.9 Å². The molecule has 0 radical (unpaired) electrons. The Kier molecular flexibility index (Phi) is 3.88. The molecular weight excluding hydrogens is 192 g/mol. The lowest BCUT2D eigenvalue weighted by Crippen LogP contribution is -2.62. The minimum absolute atomic E-state index is 0.0199. The maximum Gasteiger partial charge on any atom is 0.245 e. The van der Waals surface area contributed by atoms with Crippen molar-refractivity contribution in [2.75, 3.05) is 6.54 Å². The molecule has 2 unspecified atom stereocenters. The van der Waals surface area contributed by atoms with E-state index in [9.17, 15) is 9.59 Å². The Balaban J connectivity index is 2.75. The second-order valence-electron chi connectivity index (χ2n) is 3.75. The van der Waals surface area contributed by atoms with Gasteiger partial charge in [0.15, 0.2) is 0 Å². The molecule has 1 aliphatic rings.